The number of aromatic nitrogens is 1. The van der Waals surface area contributed by atoms with E-state index in [2.05, 4.69) is 109 Å². The molecular formula is C43H28NOPS. The van der Waals surface area contributed by atoms with Crippen LogP contribution in [0.1, 0.15) is 0 Å². The number of hydrogen-bond acceptors (Lipinski definition) is 3. The molecule has 0 unspecified atom stereocenters. The van der Waals surface area contributed by atoms with Gasteiger partial charge in [0.2, 0.25) is 0 Å². The molecule has 0 amide bonds. The summed E-state index contributed by atoms with van der Waals surface area (Å²) in [7, 11) is -3.07. The first kappa shape index (κ1) is 27.9. The largest absolute Gasteiger partial charge is 0.309 e. The molecule has 0 radical (unpaired) electrons. The molecular weight excluding hydrogens is 610 g/mol. The monoisotopic (exact) mass is 637 g/mol. The van der Waals surface area contributed by atoms with Crippen LogP contribution in [0.4, 0.5) is 0 Å². The molecule has 0 aliphatic rings. The van der Waals surface area contributed by atoms with Crippen LogP contribution >= 0.6 is 18.5 Å². The Bertz CT molecular complexity index is 2600. The lowest BCUT2D eigenvalue weighted by molar-refractivity contribution is 0.592. The van der Waals surface area contributed by atoms with Gasteiger partial charge in [-0.15, -0.1) is 11.3 Å². The Morgan fingerprint density at radius 2 is 1.04 bits per heavy atom. The smallest absolute Gasteiger partial charge is 0.171 e. The van der Waals surface area contributed by atoms with Crippen molar-refractivity contribution in [2.75, 3.05) is 0 Å². The second-order valence-corrected chi connectivity index (χ2v) is 15.6. The molecule has 2 heterocycles. The molecule has 0 atom stereocenters. The number of fused-ring (bicyclic) bond motifs is 6. The Labute approximate surface area is 277 Å². The summed E-state index contributed by atoms with van der Waals surface area (Å²) in [5.74, 6) is 0. The van der Waals surface area contributed by atoms with E-state index in [9.17, 15) is 0 Å². The summed E-state index contributed by atoms with van der Waals surface area (Å²) in [6.07, 6.45) is 0. The van der Waals surface area contributed by atoms with Crippen LogP contribution in [-0.4, -0.2) is 4.98 Å². The molecule has 0 aliphatic carbocycles. The minimum Gasteiger partial charge on any atom is -0.309 e. The molecule has 47 heavy (non-hydrogen) atoms. The van der Waals surface area contributed by atoms with Gasteiger partial charge in [-0.05, 0) is 34.0 Å². The Balaban J connectivity index is 1.28. The molecule has 2 aromatic heterocycles. The minimum atomic E-state index is -3.07. The standard InChI is InChI=1S/C43H28NOPS/c45-46(31-15-3-1-4-16-31,32-17-5-2-6-18-32)33-27-25-30(26-28-33)35-21-12-23-38-40(35)41-37-20-9-10-24-39(37)47-43(41)42(44-38)36-22-11-14-29-13-7-8-19-34(29)36/h1-28H. The number of hydrogen-bond donors (Lipinski definition) is 0. The Hall–Kier alpha value is -5.34. The molecule has 0 saturated heterocycles. The van der Waals surface area contributed by atoms with Crippen LogP contribution in [0.15, 0.2) is 170 Å². The summed E-state index contributed by atoms with van der Waals surface area (Å²) in [6, 6.07) is 58.2. The normalized spacial score (nSPS) is 11.9. The van der Waals surface area contributed by atoms with E-state index in [0.717, 1.165) is 49.2 Å². The second-order valence-electron chi connectivity index (χ2n) is 11.8. The van der Waals surface area contributed by atoms with Crippen molar-refractivity contribution in [3.63, 3.8) is 0 Å². The fraction of sp³-hybridized carbons (Fsp3) is 0. The molecule has 0 fully saturated rings. The van der Waals surface area contributed by atoms with Gasteiger partial charge in [-0.2, -0.15) is 0 Å². The maximum absolute atomic E-state index is 15.0. The highest BCUT2D eigenvalue weighted by molar-refractivity contribution is 7.85. The minimum absolute atomic E-state index is 0.821. The summed E-state index contributed by atoms with van der Waals surface area (Å²) < 4.78 is 17.5. The lowest BCUT2D eigenvalue weighted by Crippen LogP contribution is -2.24. The highest BCUT2D eigenvalue weighted by atomic mass is 32.1. The van der Waals surface area contributed by atoms with E-state index >= 15 is 4.57 Å². The van der Waals surface area contributed by atoms with Crippen LogP contribution in [0.3, 0.4) is 0 Å². The van der Waals surface area contributed by atoms with Crippen LogP contribution < -0.4 is 15.9 Å². The topological polar surface area (TPSA) is 30.0 Å². The summed E-state index contributed by atoms with van der Waals surface area (Å²) in [5, 5.41) is 8.52. The number of rotatable bonds is 5. The Morgan fingerprint density at radius 1 is 0.468 bits per heavy atom. The molecule has 4 heteroatoms. The maximum Gasteiger partial charge on any atom is 0.171 e. The average Bonchev–Trinajstić information content (AvgIpc) is 3.54. The van der Waals surface area contributed by atoms with Crippen molar-refractivity contribution in [3.8, 4) is 22.4 Å². The van der Waals surface area contributed by atoms with Gasteiger partial charge in [0, 0.05) is 42.3 Å². The predicted octanol–water partition coefficient (Wildman–Crippen LogP) is 10.7. The van der Waals surface area contributed by atoms with Gasteiger partial charge in [-0.1, -0.05) is 158 Å². The van der Waals surface area contributed by atoms with Gasteiger partial charge < -0.3 is 4.57 Å². The van der Waals surface area contributed by atoms with Crippen LogP contribution in [0.25, 0.3) is 64.2 Å². The van der Waals surface area contributed by atoms with Crippen molar-refractivity contribution in [1.29, 1.82) is 0 Å². The highest BCUT2D eigenvalue weighted by Gasteiger charge is 2.29. The maximum atomic E-state index is 15.0. The predicted molar refractivity (Wildman–Crippen MR) is 202 cm³/mol. The molecule has 2 nitrogen and oxygen atoms in total. The van der Waals surface area contributed by atoms with Gasteiger partial charge in [0.25, 0.3) is 0 Å². The van der Waals surface area contributed by atoms with Gasteiger partial charge >= 0.3 is 0 Å². The van der Waals surface area contributed by atoms with Crippen molar-refractivity contribution in [3.05, 3.63) is 170 Å². The lowest BCUT2D eigenvalue weighted by atomic mass is 9.94. The van der Waals surface area contributed by atoms with Crippen LogP contribution in [-0.2, 0) is 4.57 Å². The highest BCUT2D eigenvalue weighted by Crippen LogP contribution is 2.47. The Kier molecular flexibility index (Phi) is 6.64. The number of nitrogens with zero attached hydrogens (tertiary/aromatic N) is 1. The SMILES string of the molecule is O=P(c1ccccc1)(c1ccccc1)c1ccc(-c2cccc3nc(-c4cccc5ccccc45)c4sc5ccccc5c4c23)cc1. The number of benzene rings is 7. The summed E-state index contributed by atoms with van der Waals surface area (Å²) in [6.45, 7) is 0. The van der Waals surface area contributed by atoms with Crippen molar-refractivity contribution in [2.24, 2.45) is 0 Å². The molecule has 0 spiro atoms. The third kappa shape index (κ3) is 4.47. The third-order valence-corrected chi connectivity index (χ3v) is 13.4. The van der Waals surface area contributed by atoms with E-state index in [1.807, 2.05) is 72.0 Å². The number of pyridine rings is 1. The number of thiophene rings is 1. The van der Waals surface area contributed by atoms with Crippen molar-refractivity contribution < 1.29 is 4.57 Å². The molecule has 0 saturated carbocycles. The van der Waals surface area contributed by atoms with Crippen LogP contribution in [0, 0.1) is 0 Å². The second kappa shape index (κ2) is 11.2. The zero-order chi connectivity index (χ0) is 31.4. The van der Waals surface area contributed by atoms with Crippen LogP contribution in [0.5, 0.6) is 0 Å². The fourth-order valence-electron chi connectivity index (χ4n) is 6.96. The van der Waals surface area contributed by atoms with E-state index < -0.39 is 7.14 Å². The summed E-state index contributed by atoms with van der Waals surface area (Å²) in [5.41, 5.74) is 5.32. The van der Waals surface area contributed by atoms with Gasteiger partial charge in [0.1, 0.15) is 0 Å². The van der Waals surface area contributed by atoms with E-state index in [0.29, 0.717) is 0 Å². The molecule has 7 aromatic carbocycles. The fourth-order valence-corrected chi connectivity index (χ4v) is 10.8. The van der Waals surface area contributed by atoms with Crippen LogP contribution in [0.2, 0.25) is 0 Å². The first-order valence-electron chi connectivity index (χ1n) is 15.7. The van der Waals surface area contributed by atoms with E-state index in [1.165, 1.54) is 30.9 Å². The molecule has 222 valence electrons. The Morgan fingerprint density at radius 3 is 1.79 bits per heavy atom. The third-order valence-electron chi connectivity index (χ3n) is 9.16. The van der Waals surface area contributed by atoms with Crippen molar-refractivity contribution in [1.82, 2.24) is 4.98 Å². The van der Waals surface area contributed by atoms with E-state index in [4.69, 9.17) is 4.98 Å². The van der Waals surface area contributed by atoms with E-state index in [1.54, 1.807) is 0 Å². The van der Waals surface area contributed by atoms with Crippen molar-refractivity contribution in [2.45, 2.75) is 0 Å². The van der Waals surface area contributed by atoms with Crippen molar-refractivity contribution >= 4 is 76.2 Å². The van der Waals surface area contributed by atoms with E-state index in [-0.39, 0.29) is 0 Å². The molecule has 0 aliphatic heterocycles. The molecule has 9 aromatic rings. The summed E-state index contributed by atoms with van der Waals surface area (Å²) in [4.78, 5) is 5.41. The molecule has 0 N–H and O–H groups in total. The van der Waals surface area contributed by atoms with Gasteiger partial charge in [0.05, 0.1) is 15.9 Å². The zero-order valence-corrected chi connectivity index (χ0v) is 27.1. The average molecular weight is 638 g/mol. The first-order chi connectivity index (χ1) is 23.2. The zero-order valence-electron chi connectivity index (χ0n) is 25.4. The molecule has 0 bridgehead atoms. The lowest BCUT2D eigenvalue weighted by Gasteiger charge is -2.20. The van der Waals surface area contributed by atoms with Gasteiger partial charge in [-0.3, -0.25) is 0 Å². The molecule has 9 rings (SSSR count). The quantitative estimate of drug-likeness (QED) is 0.176. The van der Waals surface area contributed by atoms with Gasteiger partial charge in [-0.25, -0.2) is 4.98 Å². The first-order valence-corrected chi connectivity index (χ1v) is 18.3. The van der Waals surface area contributed by atoms with Gasteiger partial charge in [0.15, 0.2) is 7.14 Å². The summed E-state index contributed by atoms with van der Waals surface area (Å²) >= 11 is 1.81.